The summed E-state index contributed by atoms with van der Waals surface area (Å²) in [4.78, 5) is 12.3. The molecule has 0 aliphatic carbocycles. The highest BCUT2D eigenvalue weighted by Gasteiger charge is 2.12. The molecule has 1 amide bonds. The Kier molecular flexibility index (Phi) is 5.52. The van der Waals surface area contributed by atoms with Gasteiger partial charge in [-0.1, -0.05) is 61.4 Å². The van der Waals surface area contributed by atoms with Crippen LogP contribution in [0.25, 0.3) is 11.1 Å². The van der Waals surface area contributed by atoms with Crippen LogP contribution in [0.2, 0.25) is 0 Å². The van der Waals surface area contributed by atoms with Crippen LogP contribution in [0.5, 0.6) is 0 Å². The lowest BCUT2D eigenvalue weighted by atomic mass is 9.97. The lowest BCUT2D eigenvalue weighted by Crippen LogP contribution is -2.38. The SMILES string of the molecule is CCCCNNC(=O)c1ccc(C)cc1-c1ccccc1. The maximum atomic E-state index is 12.3. The Morgan fingerprint density at radius 2 is 1.86 bits per heavy atom. The Bertz CT molecular complexity index is 593. The Morgan fingerprint density at radius 3 is 2.57 bits per heavy atom. The van der Waals surface area contributed by atoms with Gasteiger partial charge in [-0.25, -0.2) is 5.43 Å². The topological polar surface area (TPSA) is 41.1 Å². The number of carbonyl (C=O) groups is 1. The van der Waals surface area contributed by atoms with E-state index in [0.29, 0.717) is 5.56 Å². The molecular weight excluding hydrogens is 260 g/mol. The van der Waals surface area contributed by atoms with Crippen LogP contribution in [0.15, 0.2) is 48.5 Å². The van der Waals surface area contributed by atoms with Crippen molar-refractivity contribution in [3.8, 4) is 11.1 Å². The second kappa shape index (κ2) is 7.60. The zero-order chi connectivity index (χ0) is 15.1. The number of rotatable bonds is 6. The number of amides is 1. The molecule has 0 atom stereocenters. The number of unbranched alkanes of at least 4 members (excludes halogenated alkanes) is 1. The van der Waals surface area contributed by atoms with Crippen LogP contribution in [0.4, 0.5) is 0 Å². The van der Waals surface area contributed by atoms with E-state index in [1.54, 1.807) is 0 Å². The van der Waals surface area contributed by atoms with E-state index in [-0.39, 0.29) is 5.91 Å². The summed E-state index contributed by atoms with van der Waals surface area (Å²) in [5.41, 5.74) is 9.61. The van der Waals surface area contributed by atoms with E-state index in [9.17, 15) is 4.79 Å². The maximum absolute atomic E-state index is 12.3. The van der Waals surface area contributed by atoms with Crippen LogP contribution in [0.3, 0.4) is 0 Å². The monoisotopic (exact) mass is 282 g/mol. The highest BCUT2D eigenvalue weighted by atomic mass is 16.2. The molecule has 3 nitrogen and oxygen atoms in total. The minimum absolute atomic E-state index is 0.0926. The molecule has 0 saturated carbocycles. The van der Waals surface area contributed by atoms with Gasteiger partial charge in [0.25, 0.3) is 5.91 Å². The van der Waals surface area contributed by atoms with Gasteiger partial charge in [0.2, 0.25) is 0 Å². The molecule has 2 rings (SSSR count). The van der Waals surface area contributed by atoms with Gasteiger partial charge >= 0.3 is 0 Å². The third-order valence-corrected chi connectivity index (χ3v) is 3.36. The van der Waals surface area contributed by atoms with Crippen molar-refractivity contribution in [1.82, 2.24) is 10.9 Å². The highest BCUT2D eigenvalue weighted by Crippen LogP contribution is 2.24. The van der Waals surface area contributed by atoms with Gasteiger partial charge in [-0.05, 0) is 30.5 Å². The molecule has 0 unspecified atom stereocenters. The van der Waals surface area contributed by atoms with Gasteiger partial charge in [-0.2, -0.15) is 0 Å². The summed E-state index contributed by atoms with van der Waals surface area (Å²) in [5.74, 6) is -0.0926. The summed E-state index contributed by atoms with van der Waals surface area (Å²) in [6.45, 7) is 4.94. The average molecular weight is 282 g/mol. The first-order chi connectivity index (χ1) is 10.2. The molecular formula is C18H22N2O. The molecule has 2 aromatic rings. The Hall–Kier alpha value is -2.13. The zero-order valence-electron chi connectivity index (χ0n) is 12.6. The number of benzene rings is 2. The molecule has 2 aromatic carbocycles. The summed E-state index contributed by atoms with van der Waals surface area (Å²) < 4.78 is 0. The van der Waals surface area contributed by atoms with Gasteiger partial charge in [0.05, 0.1) is 0 Å². The van der Waals surface area contributed by atoms with Crippen LogP contribution in [0.1, 0.15) is 35.7 Å². The van der Waals surface area contributed by atoms with Crippen LogP contribution in [-0.4, -0.2) is 12.5 Å². The van der Waals surface area contributed by atoms with E-state index in [2.05, 4.69) is 23.8 Å². The van der Waals surface area contributed by atoms with E-state index in [1.165, 1.54) is 0 Å². The largest absolute Gasteiger partial charge is 0.287 e. The van der Waals surface area contributed by atoms with Crippen LogP contribution < -0.4 is 10.9 Å². The van der Waals surface area contributed by atoms with E-state index in [4.69, 9.17) is 0 Å². The molecule has 3 heteroatoms. The molecule has 2 N–H and O–H groups in total. The molecule has 0 radical (unpaired) electrons. The van der Waals surface area contributed by atoms with E-state index in [0.717, 1.165) is 36.1 Å². The highest BCUT2D eigenvalue weighted by molar-refractivity contribution is 6.00. The van der Waals surface area contributed by atoms with Gasteiger partial charge < -0.3 is 0 Å². The Morgan fingerprint density at radius 1 is 1.10 bits per heavy atom. The second-order valence-electron chi connectivity index (χ2n) is 5.15. The van der Waals surface area contributed by atoms with Gasteiger partial charge in [0, 0.05) is 12.1 Å². The molecule has 0 aliphatic rings. The fourth-order valence-corrected chi connectivity index (χ4v) is 2.19. The molecule has 0 fully saturated rings. The van der Waals surface area contributed by atoms with Gasteiger partial charge in [-0.3, -0.25) is 10.2 Å². The predicted molar refractivity (Wildman–Crippen MR) is 87.0 cm³/mol. The number of hydrogen-bond donors (Lipinski definition) is 2. The molecule has 0 aromatic heterocycles. The maximum Gasteiger partial charge on any atom is 0.266 e. The first-order valence-electron chi connectivity index (χ1n) is 7.41. The average Bonchev–Trinajstić information content (AvgIpc) is 2.52. The lowest BCUT2D eigenvalue weighted by Gasteiger charge is -2.12. The van der Waals surface area contributed by atoms with E-state index < -0.39 is 0 Å². The summed E-state index contributed by atoms with van der Waals surface area (Å²) in [6.07, 6.45) is 2.14. The summed E-state index contributed by atoms with van der Waals surface area (Å²) in [6, 6.07) is 15.9. The van der Waals surface area contributed by atoms with Crippen molar-refractivity contribution in [2.24, 2.45) is 0 Å². The molecule has 21 heavy (non-hydrogen) atoms. The minimum Gasteiger partial charge on any atom is -0.287 e. The molecule has 0 saturated heterocycles. The van der Waals surface area contributed by atoms with Gasteiger partial charge in [-0.15, -0.1) is 0 Å². The molecule has 0 spiro atoms. The van der Waals surface area contributed by atoms with E-state index in [1.807, 2.05) is 49.4 Å². The number of aryl methyl sites for hydroxylation is 1. The van der Waals surface area contributed by atoms with Crippen molar-refractivity contribution in [3.05, 3.63) is 59.7 Å². The second-order valence-corrected chi connectivity index (χ2v) is 5.15. The van der Waals surface area contributed by atoms with Crippen LogP contribution in [0, 0.1) is 6.92 Å². The minimum atomic E-state index is -0.0926. The number of hydrogen-bond acceptors (Lipinski definition) is 2. The molecule has 110 valence electrons. The third-order valence-electron chi connectivity index (χ3n) is 3.36. The van der Waals surface area contributed by atoms with Gasteiger partial charge in [0.15, 0.2) is 0 Å². The van der Waals surface area contributed by atoms with Crippen molar-refractivity contribution in [1.29, 1.82) is 0 Å². The summed E-state index contributed by atoms with van der Waals surface area (Å²) in [5, 5.41) is 0. The zero-order valence-corrected chi connectivity index (χ0v) is 12.6. The normalized spacial score (nSPS) is 10.4. The Labute approximate surface area is 126 Å². The van der Waals surface area contributed by atoms with Crippen molar-refractivity contribution in [3.63, 3.8) is 0 Å². The third kappa shape index (κ3) is 4.17. The summed E-state index contributed by atoms with van der Waals surface area (Å²) in [7, 11) is 0. The lowest BCUT2D eigenvalue weighted by molar-refractivity contribution is 0.0934. The smallest absolute Gasteiger partial charge is 0.266 e. The van der Waals surface area contributed by atoms with Crippen molar-refractivity contribution >= 4 is 5.91 Å². The first-order valence-corrected chi connectivity index (χ1v) is 7.41. The number of nitrogens with one attached hydrogen (secondary N) is 2. The number of hydrazine groups is 1. The predicted octanol–water partition coefficient (Wildman–Crippen LogP) is 3.70. The first kappa shape index (κ1) is 15.3. The fraction of sp³-hybridized carbons (Fsp3) is 0.278. The van der Waals surface area contributed by atoms with Gasteiger partial charge in [0.1, 0.15) is 0 Å². The van der Waals surface area contributed by atoms with Crippen molar-refractivity contribution in [2.75, 3.05) is 6.54 Å². The fourth-order valence-electron chi connectivity index (χ4n) is 2.19. The van der Waals surface area contributed by atoms with Crippen LogP contribution in [-0.2, 0) is 0 Å². The van der Waals surface area contributed by atoms with Crippen LogP contribution >= 0.6 is 0 Å². The van der Waals surface area contributed by atoms with Crippen molar-refractivity contribution in [2.45, 2.75) is 26.7 Å². The molecule has 0 heterocycles. The summed E-state index contributed by atoms with van der Waals surface area (Å²) >= 11 is 0. The molecule has 0 bridgehead atoms. The molecule has 0 aliphatic heterocycles. The standard InChI is InChI=1S/C18H22N2O/c1-3-4-12-19-20-18(21)16-11-10-14(2)13-17(16)15-8-6-5-7-9-15/h5-11,13,19H,3-4,12H2,1-2H3,(H,20,21). The Balaban J connectivity index is 2.21. The van der Waals surface area contributed by atoms with E-state index >= 15 is 0 Å². The van der Waals surface area contributed by atoms with Crippen molar-refractivity contribution < 1.29 is 4.79 Å². The quantitative estimate of drug-likeness (QED) is 0.626. The number of carbonyl (C=O) groups excluding carboxylic acids is 1.